The second kappa shape index (κ2) is 17.7. The zero-order valence-corrected chi connectivity index (χ0v) is 27.6. The van der Waals surface area contributed by atoms with Crippen molar-refractivity contribution < 1.29 is 4.79 Å². The Balaban J connectivity index is 0.000000240. The van der Waals surface area contributed by atoms with Gasteiger partial charge >= 0.3 is 0 Å². The molecule has 232 valence electrons. The van der Waals surface area contributed by atoms with E-state index in [0.717, 1.165) is 62.6 Å². The molecule has 0 saturated heterocycles. The van der Waals surface area contributed by atoms with Gasteiger partial charge in [-0.1, -0.05) is 88.5 Å². The van der Waals surface area contributed by atoms with E-state index in [9.17, 15) is 4.79 Å². The molecule has 44 heavy (non-hydrogen) atoms. The number of allylic oxidation sites excluding steroid dienone is 2. The number of amides is 1. The molecule has 0 unspecified atom stereocenters. The molecule has 4 aromatic rings. The summed E-state index contributed by atoms with van der Waals surface area (Å²) in [4.78, 5) is 21.4. The molecule has 0 aliphatic carbocycles. The van der Waals surface area contributed by atoms with Gasteiger partial charge in [0.2, 0.25) is 5.91 Å². The monoisotopic (exact) mass is 610 g/mol. The van der Waals surface area contributed by atoms with Crippen molar-refractivity contribution in [3.05, 3.63) is 96.4 Å². The molecule has 0 saturated carbocycles. The van der Waals surface area contributed by atoms with Crippen LogP contribution in [0, 0.1) is 25.7 Å². The fourth-order valence-corrected chi connectivity index (χ4v) is 4.53. The number of carbonyl (C=O) groups excluding carboxylic acids is 1. The van der Waals surface area contributed by atoms with Crippen LogP contribution in [0.15, 0.2) is 85.0 Å². The molecule has 2 aromatic heterocycles. The molecular weight excluding hydrogens is 565 g/mol. The second-order valence-corrected chi connectivity index (χ2v) is 11.7. The fraction of sp³-hybridized carbons (Fsp3) is 0.333. The lowest BCUT2D eigenvalue weighted by atomic mass is 10.1. The van der Waals surface area contributed by atoms with Crippen molar-refractivity contribution in [3.63, 3.8) is 0 Å². The van der Waals surface area contributed by atoms with Gasteiger partial charge in [-0.3, -0.25) is 14.8 Å². The number of thiocarbonyl (C=S) groups is 1. The van der Waals surface area contributed by atoms with E-state index in [1.54, 1.807) is 6.08 Å². The molecule has 0 fully saturated rings. The molecule has 1 amide bonds. The van der Waals surface area contributed by atoms with Crippen LogP contribution < -0.4 is 21.3 Å². The number of fused-ring (bicyclic) bond motifs is 2. The molecule has 0 aliphatic rings. The number of nitrogens with zero attached hydrogens (tertiary/aromatic N) is 2. The van der Waals surface area contributed by atoms with E-state index < -0.39 is 0 Å². The third-order valence-corrected chi connectivity index (χ3v) is 6.71. The van der Waals surface area contributed by atoms with Crippen LogP contribution in [0.1, 0.15) is 39.1 Å². The Morgan fingerprint density at radius 2 is 1.16 bits per heavy atom. The number of hydrogen-bond acceptors (Lipinski definition) is 6. The zero-order valence-electron chi connectivity index (χ0n) is 26.8. The van der Waals surface area contributed by atoms with Gasteiger partial charge in [-0.25, -0.2) is 0 Å². The minimum Gasteiger partial charge on any atom is -0.383 e. The molecular formula is C36H46N6OS. The highest BCUT2D eigenvalue weighted by Gasteiger charge is 2.04. The van der Waals surface area contributed by atoms with E-state index in [0.29, 0.717) is 24.9 Å². The number of pyridine rings is 2. The predicted molar refractivity (Wildman–Crippen MR) is 192 cm³/mol. The molecule has 2 aromatic carbocycles. The smallest absolute Gasteiger partial charge is 0.243 e. The molecule has 8 heteroatoms. The lowest BCUT2D eigenvalue weighted by Gasteiger charge is -2.11. The molecule has 0 radical (unpaired) electrons. The van der Waals surface area contributed by atoms with E-state index in [4.69, 9.17) is 12.2 Å². The maximum Gasteiger partial charge on any atom is 0.243 e. The maximum absolute atomic E-state index is 11.6. The number of para-hydroxylation sites is 2. The Labute approximate surface area is 267 Å². The van der Waals surface area contributed by atoms with Gasteiger partial charge in [-0.05, 0) is 62.1 Å². The number of anilines is 2. The van der Waals surface area contributed by atoms with Crippen LogP contribution in [0.5, 0.6) is 0 Å². The summed E-state index contributed by atoms with van der Waals surface area (Å²) in [5.41, 5.74) is 6.17. The summed E-state index contributed by atoms with van der Waals surface area (Å²) in [5, 5.41) is 15.2. The van der Waals surface area contributed by atoms with Crippen LogP contribution in [0.3, 0.4) is 0 Å². The largest absolute Gasteiger partial charge is 0.383 e. The van der Waals surface area contributed by atoms with Crippen LogP contribution in [0.4, 0.5) is 11.4 Å². The average Bonchev–Trinajstić information content (AvgIpc) is 2.99. The minimum atomic E-state index is -0.0498. The van der Waals surface area contributed by atoms with E-state index >= 15 is 0 Å². The van der Waals surface area contributed by atoms with Gasteiger partial charge in [0.15, 0.2) is 0 Å². The van der Waals surface area contributed by atoms with Crippen molar-refractivity contribution in [2.24, 2.45) is 11.8 Å². The summed E-state index contributed by atoms with van der Waals surface area (Å²) < 4.78 is 0. The number of aryl methyl sites for hydroxylation is 2. The van der Waals surface area contributed by atoms with Crippen LogP contribution in [0.2, 0.25) is 0 Å². The number of aromatic nitrogens is 2. The topological polar surface area (TPSA) is 91.0 Å². The third kappa shape index (κ3) is 11.8. The summed E-state index contributed by atoms with van der Waals surface area (Å²) in [6.45, 7) is 15.2. The van der Waals surface area contributed by atoms with Gasteiger partial charge in [-0.2, -0.15) is 0 Å². The SMILES string of the molecule is Cc1cc(NCCNC(=O)/C=C/C(C)C)c2ccccc2n1.Cc1cc(NCCNC(=S)/C=C/C(C)C)c2ccccc2n1. The predicted octanol–water partition coefficient (Wildman–Crippen LogP) is 7.37. The Bertz CT molecular complexity index is 1480. The van der Waals surface area contributed by atoms with Crippen molar-refractivity contribution in [2.45, 2.75) is 41.5 Å². The lowest BCUT2D eigenvalue weighted by molar-refractivity contribution is -0.116. The maximum atomic E-state index is 11.6. The average molecular weight is 611 g/mol. The third-order valence-electron chi connectivity index (χ3n) is 6.43. The lowest BCUT2D eigenvalue weighted by Crippen LogP contribution is -2.27. The summed E-state index contributed by atoms with van der Waals surface area (Å²) >= 11 is 5.26. The van der Waals surface area contributed by atoms with Crippen molar-refractivity contribution in [2.75, 3.05) is 36.8 Å². The van der Waals surface area contributed by atoms with Crippen LogP contribution in [0.25, 0.3) is 21.8 Å². The van der Waals surface area contributed by atoms with E-state index in [1.165, 1.54) is 0 Å². The number of carbonyl (C=O) groups is 1. The first-order valence-electron chi connectivity index (χ1n) is 15.2. The fourth-order valence-electron chi connectivity index (χ4n) is 4.35. The highest BCUT2D eigenvalue weighted by molar-refractivity contribution is 7.80. The van der Waals surface area contributed by atoms with Gasteiger partial charge in [-0.15, -0.1) is 0 Å². The first-order chi connectivity index (χ1) is 21.1. The number of nitrogens with one attached hydrogen (secondary N) is 4. The molecule has 7 nitrogen and oxygen atoms in total. The van der Waals surface area contributed by atoms with E-state index in [2.05, 4.69) is 63.3 Å². The molecule has 0 aliphatic heterocycles. The number of benzene rings is 2. The van der Waals surface area contributed by atoms with Crippen LogP contribution in [-0.2, 0) is 4.79 Å². The highest BCUT2D eigenvalue weighted by Crippen LogP contribution is 2.23. The number of rotatable bonds is 12. The molecule has 4 N–H and O–H groups in total. The van der Waals surface area contributed by atoms with Crippen LogP contribution >= 0.6 is 12.2 Å². The standard InChI is InChI=1S/C18H23N3O.C18H23N3S/c2*1-13(2)8-9-18(22)20-11-10-19-17-12-14(3)21-16-7-5-4-6-15(16)17/h2*4-9,12-13H,10-11H2,1-3H3,(H,19,21)(H,20,22)/b2*9-8+. The molecule has 4 rings (SSSR count). The van der Waals surface area contributed by atoms with Gasteiger partial charge in [0.05, 0.1) is 16.0 Å². The molecule has 2 heterocycles. The minimum absolute atomic E-state index is 0.0498. The van der Waals surface area contributed by atoms with E-state index in [-0.39, 0.29) is 5.91 Å². The Morgan fingerprint density at radius 1 is 0.705 bits per heavy atom. The van der Waals surface area contributed by atoms with Crippen LogP contribution in [-0.4, -0.2) is 47.0 Å². The molecule has 0 spiro atoms. The zero-order chi connectivity index (χ0) is 31.9. The van der Waals surface area contributed by atoms with Crippen molar-refractivity contribution >= 4 is 56.3 Å². The van der Waals surface area contributed by atoms with Gasteiger partial charge < -0.3 is 21.3 Å². The van der Waals surface area contributed by atoms with Crippen molar-refractivity contribution in [1.29, 1.82) is 0 Å². The first kappa shape index (κ1) is 34.2. The Kier molecular flexibility index (Phi) is 13.8. The normalized spacial score (nSPS) is 11.3. The van der Waals surface area contributed by atoms with Gasteiger partial charge in [0, 0.05) is 59.7 Å². The second-order valence-electron chi connectivity index (χ2n) is 11.3. The first-order valence-corrected chi connectivity index (χ1v) is 15.7. The highest BCUT2D eigenvalue weighted by atomic mass is 32.1. The number of hydrogen-bond donors (Lipinski definition) is 4. The summed E-state index contributed by atoms with van der Waals surface area (Å²) in [5.74, 6) is 0.852. The molecule has 0 bridgehead atoms. The summed E-state index contributed by atoms with van der Waals surface area (Å²) in [6, 6.07) is 20.3. The van der Waals surface area contributed by atoms with E-state index in [1.807, 2.05) is 88.4 Å². The summed E-state index contributed by atoms with van der Waals surface area (Å²) in [6.07, 6.45) is 7.55. The van der Waals surface area contributed by atoms with Crippen molar-refractivity contribution in [3.8, 4) is 0 Å². The van der Waals surface area contributed by atoms with Crippen molar-refractivity contribution in [1.82, 2.24) is 20.6 Å². The quantitative estimate of drug-likeness (QED) is 0.0757. The summed E-state index contributed by atoms with van der Waals surface area (Å²) in [7, 11) is 0. The molecule has 0 atom stereocenters. The Morgan fingerprint density at radius 3 is 1.66 bits per heavy atom. The van der Waals surface area contributed by atoms with Gasteiger partial charge in [0.1, 0.15) is 0 Å². The Hall–Kier alpha value is -4.30. The van der Waals surface area contributed by atoms with Gasteiger partial charge in [0.25, 0.3) is 0 Å².